The Morgan fingerprint density at radius 2 is 0.917 bits per heavy atom. The van der Waals surface area contributed by atoms with Crippen molar-refractivity contribution in [2.24, 2.45) is 0 Å². The van der Waals surface area contributed by atoms with E-state index in [1.807, 2.05) is 0 Å². The molecule has 2 N–H and O–H groups in total. The zero-order chi connectivity index (χ0) is 13.7. The van der Waals surface area contributed by atoms with Crippen molar-refractivity contribution in [1.82, 2.24) is 0 Å². The summed E-state index contributed by atoms with van der Waals surface area (Å²) in [5.41, 5.74) is 0. The number of carbonyl (C=O) groups excluding carboxylic acids is 1. The molecule has 0 saturated carbocycles. The number of hydrogen-bond donors (Lipinski definition) is 2. The first-order valence-electron chi connectivity index (χ1n) is 2.92. The molecule has 0 aliphatic carbocycles. The molecule has 0 atom stereocenters. The van der Waals surface area contributed by atoms with Crippen LogP contribution in [0.25, 0.3) is 0 Å². The van der Waals surface area contributed by atoms with Crippen molar-refractivity contribution >= 4 is 36.1 Å². The molecule has 0 fully saturated rings. The van der Waals surface area contributed by atoms with Gasteiger partial charge in [0.25, 0.3) is 0 Å². The van der Waals surface area contributed by atoms with E-state index in [9.17, 15) is 0 Å². The maximum Gasteiger partial charge on any atom is 0 e. The van der Waals surface area contributed by atoms with Gasteiger partial charge in [-0.15, -0.1) is 0 Å². The molecule has 6 nitrogen and oxygen atoms in total. The van der Waals surface area contributed by atoms with Crippen molar-refractivity contribution in [3.63, 3.8) is 0 Å². The third-order valence-corrected chi connectivity index (χ3v) is 0.144. The normalized spacial score (nSPS) is 3.46. The summed E-state index contributed by atoms with van der Waals surface area (Å²) >= 11 is 3.83. The van der Waals surface area contributed by atoms with E-state index in [-0.39, 0.29) is 286 Å². The molecule has 0 unspecified atom stereocenters. The molecule has 0 aromatic rings. The van der Waals surface area contributed by atoms with Crippen molar-refractivity contribution in [2.45, 2.75) is 13.3 Å². The van der Waals surface area contributed by atoms with Crippen LogP contribution in [-0.2, 0) is 172 Å². The number of aliphatic hydroxyl groups excluding tert-OH is 2. The van der Waals surface area contributed by atoms with E-state index in [2.05, 4.69) is 32.3 Å². The molecule has 0 amide bonds. The Kier molecular flexibility index (Phi) is 531. The molecule has 0 aliphatic heterocycles. The first-order chi connectivity index (χ1) is 7.06. The van der Waals surface area contributed by atoms with E-state index in [1.165, 1.54) is 0 Å². The van der Waals surface area contributed by atoms with Gasteiger partial charge in [0.15, 0.2) is 0 Å². The molecule has 0 aromatic heterocycles. The standard InChI is InChI=1S/C3H5O.CH2O2S.CHO2.CH3O.CH2S.5U.4Y/c1-2-3-4;1-4(2)3;2-1-3;2*1-2;;;;;;;;;/h2H2,1H3;1H2;(H,2,3);2H,1H2;1H2;;;;;;;;;/q-1;-2;2*-1;-2;;;;;;;;;. The van der Waals surface area contributed by atoms with Crippen LogP contribution in [0.1, 0.15) is 13.3 Å². The van der Waals surface area contributed by atoms with Gasteiger partial charge in [0, 0.05) is 286 Å². The summed E-state index contributed by atoms with van der Waals surface area (Å²) in [7, 11) is 0.139. The molecule has 24 heavy (non-hydrogen) atoms. The van der Waals surface area contributed by atoms with Gasteiger partial charge in [0.05, 0.1) is 0 Å². The minimum absolute atomic E-state index is 0. The molecule has 128 valence electrons. The summed E-state index contributed by atoms with van der Waals surface area (Å²) in [6, 6.07) is 0. The fraction of sp³-hybridized carbons (Fsp3) is 0.286. The third kappa shape index (κ3) is 277. The monoisotopic (exact) mass is 1800 g/mol. The van der Waals surface area contributed by atoms with Gasteiger partial charge in [-0.3, -0.25) is 6.29 Å². The largest absolute Gasteiger partial charge is 1.02 e. The van der Waals surface area contributed by atoms with Crippen molar-refractivity contribution in [3.05, 3.63) is 19.6 Å². The smallest absolute Gasteiger partial charge is 0 e. The topological polar surface area (TPSA) is 109 Å². The van der Waals surface area contributed by atoms with E-state index in [1.54, 1.807) is 13.2 Å². The second kappa shape index (κ2) is 136. The molecular weight excluding hydrogens is 1790 g/mol. The predicted octanol–water partition coefficient (Wildman–Crippen LogP) is 0.670. The summed E-state index contributed by atoms with van der Waals surface area (Å²) in [6.45, 7) is 2.26. The van der Waals surface area contributed by atoms with Crippen LogP contribution in [0.3, 0.4) is 0 Å². The molecule has 0 saturated heterocycles. The molecule has 0 aromatic carbocycles. The molecule has 0 spiro atoms. The Bertz CT molecular complexity index is 170. The van der Waals surface area contributed by atoms with Gasteiger partial charge in [0.1, 0.15) is 0 Å². The minimum Gasteiger partial charge on any atom is -1.02 e. The van der Waals surface area contributed by atoms with Gasteiger partial charge in [-0.25, -0.2) is 17.8 Å². The molecule has 0 bridgehead atoms. The van der Waals surface area contributed by atoms with Crippen molar-refractivity contribution < 1.29 is 315 Å². The van der Waals surface area contributed by atoms with Gasteiger partial charge in [-0.05, 0) is 0 Å². The summed E-state index contributed by atoms with van der Waals surface area (Å²) in [6.07, 6.45) is 7.58. The van der Waals surface area contributed by atoms with Gasteiger partial charge < -0.3 is 53.4 Å². The van der Waals surface area contributed by atoms with Crippen LogP contribution < -0.4 is 0 Å². The fourth-order valence-electron chi connectivity index (χ4n) is 0. The molecule has 17 heteroatoms. The summed E-state index contributed by atoms with van der Waals surface area (Å²) in [4.78, 5) is 17.3. The van der Waals surface area contributed by atoms with Crippen LogP contribution in [0.2, 0.25) is 0 Å². The van der Waals surface area contributed by atoms with Gasteiger partial charge in [-0.2, -0.15) is 6.42 Å². The molecule has 0 rings (SSSR count). The first kappa shape index (κ1) is 93.5. The van der Waals surface area contributed by atoms with Gasteiger partial charge >= 0.3 is 0 Å². The average Bonchev–Trinajstić information content (AvgIpc) is 2.24. The van der Waals surface area contributed by atoms with E-state index in [0.29, 0.717) is 12.9 Å². The second-order valence-electron chi connectivity index (χ2n) is 0.893. The van der Waals surface area contributed by atoms with E-state index in [0.717, 1.165) is 0 Å². The summed E-state index contributed by atoms with van der Waals surface area (Å²) in [5.74, 6) is 0. The van der Waals surface area contributed by atoms with E-state index in [4.69, 9.17) is 28.2 Å². The van der Waals surface area contributed by atoms with Crippen LogP contribution in [0.5, 0.6) is 0 Å². The van der Waals surface area contributed by atoms with Gasteiger partial charge in [0.2, 0.25) is 0 Å². The Balaban J connectivity index is -0.00000000405. The van der Waals surface area contributed by atoms with Crippen molar-refractivity contribution in [2.75, 3.05) is 0 Å². The quantitative estimate of drug-likeness (QED) is 0.294. The average molecular weight is 1800 g/mol. The predicted molar refractivity (Wildman–Crippen MR) is 58.4 cm³/mol. The van der Waals surface area contributed by atoms with Crippen LogP contribution in [0.4, 0.5) is 0 Å². The molecule has 0 aliphatic rings. The first-order valence-corrected chi connectivity index (χ1v) is 4.74. The van der Waals surface area contributed by atoms with Crippen LogP contribution in [0.15, 0.2) is 0 Å². The zero-order valence-electron chi connectivity index (χ0n) is 13.0. The number of aliphatic hydroxyl groups is 1. The van der Waals surface area contributed by atoms with Crippen LogP contribution >= 0.6 is 0 Å². The molecule has 4 radical (unpaired) electrons. The summed E-state index contributed by atoms with van der Waals surface area (Å²) in [5, 5.41) is 13.5. The van der Waals surface area contributed by atoms with Gasteiger partial charge in [-0.1, -0.05) is 13.4 Å². The molecule has 0 heterocycles. The Labute approximate surface area is 373 Å². The Hall–Kier alpha value is 9.08. The maximum absolute atomic E-state index is 9.05. The number of hydrogen-bond acceptors (Lipinski definition) is 7. The zero-order valence-corrected chi connectivity index (χ0v) is 46.8. The van der Waals surface area contributed by atoms with E-state index >= 15 is 0 Å². The Morgan fingerprint density at radius 1 is 0.875 bits per heavy atom. The Morgan fingerprint density at radius 3 is 0.917 bits per heavy atom. The van der Waals surface area contributed by atoms with Crippen LogP contribution in [0, 0.1) is 175 Å². The second-order valence-corrected chi connectivity index (χ2v) is 1.50. The SMILES string of the molecule is CC[C-]=O.O=[C-]O.[CH2-]O.[CH2-][S-].[CH2-][S-](=O)=O.[U].[U].[U].[U].[U].[Y].[Y].[Y].[Y]. The minimum atomic E-state index is -2.11. The van der Waals surface area contributed by atoms with E-state index < -0.39 is 10.7 Å². The maximum atomic E-state index is 9.05. The van der Waals surface area contributed by atoms with Crippen molar-refractivity contribution in [1.29, 1.82) is 0 Å². The van der Waals surface area contributed by atoms with Crippen molar-refractivity contribution in [3.8, 4) is 0 Å². The fourth-order valence-corrected chi connectivity index (χ4v) is 0. The van der Waals surface area contributed by atoms with Crippen LogP contribution in [-0.4, -0.2) is 23.0 Å². The third-order valence-electron chi connectivity index (χ3n) is 0.144. The number of rotatable bonds is 1. The molecular formula is C7H13O6S2U5Y4-7. The summed E-state index contributed by atoms with van der Waals surface area (Å²) < 4.78 is 17.8.